The van der Waals surface area contributed by atoms with Gasteiger partial charge < -0.3 is 14.2 Å². The standard InChI is InChI=1S/C18H20ClN3O6/c1-5-10(2)28-9-11-6-12(19)7-13(16(11)22(24)25)17(23)18-20-14(26-3)8-15(21-18)27-4/h6-8,10H,5,9H2,1-4H3. The van der Waals surface area contributed by atoms with E-state index in [9.17, 15) is 14.9 Å². The molecule has 0 aliphatic rings. The van der Waals surface area contributed by atoms with Crippen molar-refractivity contribution >= 4 is 23.1 Å². The number of nitro benzene ring substituents is 1. The van der Waals surface area contributed by atoms with Crippen LogP contribution in [0, 0.1) is 10.1 Å². The van der Waals surface area contributed by atoms with Gasteiger partial charge in [0.2, 0.25) is 23.4 Å². The molecule has 28 heavy (non-hydrogen) atoms. The molecule has 0 aliphatic heterocycles. The molecule has 0 spiro atoms. The van der Waals surface area contributed by atoms with E-state index in [2.05, 4.69) is 9.97 Å². The average Bonchev–Trinajstić information content (AvgIpc) is 2.69. The van der Waals surface area contributed by atoms with E-state index < -0.39 is 16.4 Å². The summed E-state index contributed by atoms with van der Waals surface area (Å²) in [6.07, 6.45) is 0.626. The number of ketones is 1. The topological polar surface area (TPSA) is 114 Å². The number of halogens is 1. The van der Waals surface area contributed by atoms with E-state index in [1.165, 1.54) is 32.4 Å². The Hall–Kier alpha value is -2.78. The molecule has 9 nitrogen and oxygen atoms in total. The lowest BCUT2D eigenvalue weighted by atomic mass is 10.0. The van der Waals surface area contributed by atoms with Crippen molar-refractivity contribution in [1.29, 1.82) is 0 Å². The van der Waals surface area contributed by atoms with Gasteiger partial charge in [0.15, 0.2) is 0 Å². The third-order valence-electron chi connectivity index (χ3n) is 3.98. The van der Waals surface area contributed by atoms with Crippen molar-refractivity contribution < 1.29 is 23.9 Å². The number of nitrogens with zero attached hydrogens (tertiary/aromatic N) is 3. The van der Waals surface area contributed by atoms with Gasteiger partial charge in [0, 0.05) is 5.02 Å². The molecule has 2 rings (SSSR count). The van der Waals surface area contributed by atoms with Crippen LogP contribution in [-0.2, 0) is 11.3 Å². The fraction of sp³-hybridized carbons (Fsp3) is 0.389. The summed E-state index contributed by atoms with van der Waals surface area (Å²) in [6, 6.07) is 4.00. The molecule has 1 heterocycles. The van der Waals surface area contributed by atoms with Crippen LogP contribution in [-0.4, -0.2) is 41.0 Å². The van der Waals surface area contributed by atoms with Crippen molar-refractivity contribution in [1.82, 2.24) is 9.97 Å². The maximum Gasteiger partial charge on any atom is 0.286 e. The lowest BCUT2D eigenvalue weighted by Gasteiger charge is -2.13. The van der Waals surface area contributed by atoms with Crippen LogP contribution in [0.25, 0.3) is 0 Å². The first-order valence-electron chi connectivity index (χ1n) is 8.40. The highest BCUT2D eigenvalue weighted by atomic mass is 35.5. The van der Waals surface area contributed by atoms with Gasteiger partial charge in [-0.25, -0.2) is 0 Å². The van der Waals surface area contributed by atoms with E-state index in [-0.39, 0.29) is 46.4 Å². The molecule has 0 aliphatic carbocycles. The van der Waals surface area contributed by atoms with Crippen molar-refractivity contribution in [2.45, 2.75) is 33.0 Å². The summed E-state index contributed by atoms with van der Waals surface area (Å²) >= 11 is 6.10. The molecule has 0 amide bonds. The fourth-order valence-electron chi connectivity index (χ4n) is 2.34. The van der Waals surface area contributed by atoms with E-state index in [1.807, 2.05) is 13.8 Å². The van der Waals surface area contributed by atoms with E-state index in [0.29, 0.717) is 0 Å². The van der Waals surface area contributed by atoms with Crippen LogP contribution >= 0.6 is 11.6 Å². The highest BCUT2D eigenvalue weighted by molar-refractivity contribution is 6.31. The lowest BCUT2D eigenvalue weighted by Crippen LogP contribution is -2.14. The van der Waals surface area contributed by atoms with Crippen LogP contribution in [0.5, 0.6) is 11.8 Å². The zero-order valence-electron chi connectivity index (χ0n) is 15.9. The first-order chi connectivity index (χ1) is 13.3. The number of hydrogen-bond acceptors (Lipinski definition) is 8. The third kappa shape index (κ3) is 4.93. The normalized spacial score (nSPS) is 11.8. The van der Waals surface area contributed by atoms with Crippen LogP contribution in [0.2, 0.25) is 5.02 Å². The Bertz CT molecular complexity index is 868. The van der Waals surface area contributed by atoms with Crippen LogP contribution in [0.3, 0.4) is 0 Å². The van der Waals surface area contributed by atoms with Crippen LogP contribution in [0.15, 0.2) is 18.2 Å². The number of ether oxygens (including phenoxy) is 3. The Morgan fingerprint density at radius 2 is 1.82 bits per heavy atom. The Kier molecular flexibility index (Phi) is 7.24. The van der Waals surface area contributed by atoms with Gasteiger partial charge in [-0.3, -0.25) is 14.9 Å². The van der Waals surface area contributed by atoms with E-state index >= 15 is 0 Å². The number of rotatable bonds is 9. The molecule has 1 unspecified atom stereocenters. The molecule has 0 radical (unpaired) electrons. The van der Waals surface area contributed by atoms with Crippen LogP contribution in [0.4, 0.5) is 5.69 Å². The van der Waals surface area contributed by atoms with Gasteiger partial charge in [-0.2, -0.15) is 9.97 Å². The number of carbonyl (C=O) groups excluding carboxylic acids is 1. The minimum atomic E-state index is -0.781. The summed E-state index contributed by atoms with van der Waals surface area (Å²) in [5.41, 5.74) is -0.449. The fourth-order valence-corrected chi connectivity index (χ4v) is 2.58. The number of carbonyl (C=O) groups is 1. The largest absolute Gasteiger partial charge is 0.481 e. The molecule has 1 aromatic heterocycles. The molecule has 0 bridgehead atoms. The average molecular weight is 410 g/mol. The second-order valence-electron chi connectivity index (χ2n) is 5.85. The number of nitro groups is 1. The molecule has 10 heteroatoms. The molecule has 0 fully saturated rings. The van der Waals surface area contributed by atoms with Gasteiger partial charge >= 0.3 is 0 Å². The monoisotopic (exact) mass is 409 g/mol. The molecule has 150 valence electrons. The van der Waals surface area contributed by atoms with Crippen molar-refractivity contribution in [2.75, 3.05) is 14.2 Å². The smallest absolute Gasteiger partial charge is 0.286 e. The predicted octanol–water partition coefficient (Wildman–Crippen LogP) is 3.60. The summed E-state index contributed by atoms with van der Waals surface area (Å²) in [5, 5.41) is 11.9. The molecule has 0 N–H and O–H groups in total. The minimum Gasteiger partial charge on any atom is -0.481 e. The SMILES string of the molecule is CCC(C)OCc1cc(Cl)cc(C(=O)c2nc(OC)cc(OC)n2)c1[N+](=O)[O-]. The summed E-state index contributed by atoms with van der Waals surface area (Å²) in [6.45, 7) is 3.72. The van der Waals surface area contributed by atoms with E-state index in [4.69, 9.17) is 25.8 Å². The van der Waals surface area contributed by atoms with E-state index in [1.54, 1.807) is 0 Å². The Labute approximate surface area is 166 Å². The zero-order valence-corrected chi connectivity index (χ0v) is 16.6. The molecule has 2 aromatic rings. The molecule has 0 saturated heterocycles. The lowest BCUT2D eigenvalue weighted by molar-refractivity contribution is -0.386. The Balaban J connectivity index is 2.56. The Morgan fingerprint density at radius 1 is 1.21 bits per heavy atom. The van der Waals surface area contributed by atoms with E-state index in [0.717, 1.165) is 6.42 Å². The van der Waals surface area contributed by atoms with Gasteiger partial charge in [-0.1, -0.05) is 18.5 Å². The summed E-state index contributed by atoms with van der Waals surface area (Å²) < 4.78 is 15.6. The first-order valence-corrected chi connectivity index (χ1v) is 8.78. The third-order valence-corrected chi connectivity index (χ3v) is 4.20. The molecule has 1 atom stereocenters. The summed E-state index contributed by atoms with van der Waals surface area (Å²) in [4.78, 5) is 32.0. The van der Waals surface area contributed by atoms with Crippen molar-refractivity contribution in [3.8, 4) is 11.8 Å². The zero-order chi connectivity index (χ0) is 20.8. The number of benzene rings is 1. The van der Waals surface area contributed by atoms with Crippen molar-refractivity contribution in [3.05, 3.63) is 50.3 Å². The quantitative estimate of drug-likeness (QED) is 0.350. The number of hydrogen-bond donors (Lipinski definition) is 0. The van der Waals surface area contributed by atoms with Crippen LogP contribution in [0.1, 0.15) is 42.0 Å². The number of methoxy groups -OCH3 is 2. The summed E-state index contributed by atoms with van der Waals surface area (Å²) in [5.74, 6) is -0.924. The second kappa shape index (κ2) is 9.43. The van der Waals surface area contributed by atoms with Crippen molar-refractivity contribution in [3.63, 3.8) is 0 Å². The van der Waals surface area contributed by atoms with Gasteiger partial charge in [0.05, 0.1) is 43.5 Å². The van der Waals surface area contributed by atoms with Crippen molar-refractivity contribution in [2.24, 2.45) is 0 Å². The molecule has 0 saturated carbocycles. The van der Waals surface area contributed by atoms with Crippen LogP contribution < -0.4 is 9.47 Å². The highest BCUT2D eigenvalue weighted by Crippen LogP contribution is 2.31. The summed E-state index contributed by atoms with van der Waals surface area (Å²) in [7, 11) is 2.73. The van der Waals surface area contributed by atoms with Gasteiger partial charge in [0.1, 0.15) is 5.56 Å². The molecular weight excluding hydrogens is 390 g/mol. The second-order valence-corrected chi connectivity index (χ2v) is 6.29. The minimum absolute atomic E-state index is 0.0611. The molecular formula is C18H20ClN3O6. The molecule has 1 aromatic carbocycles. The maximum absolute atomic E-state index is 13.0. The first kappa shape index (κ1) is 21.5. The predicted molar refractivity (Wildman–Crippen MR) is 101 cm³/mol. The maximum atomic E-state index is 13.0. The van der Waals surface area contributed by atoms with Gasteiger partial charge in [-0.15, -0.1) is 0 Å². The number of aromatic nitrogens is 2. The van der Waals surface area contributed by atoms with Gasteiger partial charge in [0.25, 0.3) is 5.69 Å². The highest BCUT2D eigenvalue weighted by Gasteiger charge is 2.29. The van der Waals surface area contributed by atoms with Gasteiger partial charge in [-0.05, 0) is 25.5 Å². The Morgan fingerprint density at radius 3 is 2.32 bits per heavy atom.